The largest absolute Gasteiger partial charge is 0.462 e. The average molecular weight is 311 g/mol. The maximum absolute atomic E-state index is 12.2. The van der Waals surface area contributed by atoms with Crippen molar-refractivity contribution in [3.8, 4) is 0 Å². The fourth-order valence-corrected chi connectivity index (χ4v) is 3.33. The van der Waals surface area contributed by atoms with Crippen molar-refractivity contribution in [2.45, 2.75) is 45.6 Å². The van der Waals surface area contributed by atoms with Crippen LogP contribution in [-0.4, -0.2) is 25.2 Å². The number of hydrogen-bond acceptors (Lipinski definition) is 4. The third kappa shape index (κ3) is 3.43. The van der Waals surface area contributed by atoms with Gasteiger partial charge in [0.25, 0.3) is 0 Å². The van der Waals surface area contributed by atoms with Crippen molar-refractivity contribution in [2.24, 2.45) is 0 Å². The summed E-state index contributed by atoms with van der Waals surface area (Å²) < 4.78 is 5.16. The predicted molar refractivity (Wildman–Crippen MR) is 87.1 cm³/mol. The summed E-state index contributed by atoms with van der Waals surface area (Å²) in [5.41, 5.74) is 7.58. The van der Waals surface area contributed by atoms with Crippen LogP contribution in [0.25, 0.3) is 0 Å². The smallest absolute Gasteiger partial charge is 0.340 e. The Morgan fingerprint density at radius 1 is 1.43 bits per heavy atom. The monoisotopic (exact) mass is 310 g/mol. The second-order valence-electron chi connectivity index (χ2n) is 5.37. The van der Waals surface area contributed by atoms with E-state index in [2.05, 4.69) is 11.8 Å². The molecular formula is C16H23ClN2O2. The van der Waals surface area contributed by atoms with Gasteiger partial charge in [-0.3, -0.25) is 0 Å². The Labute approximate surface area is 131 Å². The Kier molecular flexibility index (Phi) is 5.34. The van der Waals surface area contributed by atoms with Crippen molar-refractivity contribution < 1.29 is 9.53 Å². The number of nitrogen functional groups attached to an aromatic ring is 1. The second-order valence-corrected chi connectivity index (χ2v) is 5.78. The summed E-state index contributed by atoms with van der Waals surface area (Å²) in [5, 5.41) is 0.526. The molecule has 1 heterocycles. The van der Waals surface area contributed by atoms with Crippen LogP contribution in [0.3, 0.4) is 0 Å². The minimum Gasteiger partial charge on any atom is -0.462 e. The van der Waals surface area contributed by atoms with Crippen LogP contribution in [0.2, 0.25) is 5.02 Å². The van der Waals surface area contributed by atoms with Gasteiger partial charge >= 0.3 is 5.97 Å². The van der Waals surface area contributed by atoms with Crippen molar-refractivity contribution in [3.63, 3.8) is 0 Å². The number of ether oxygens (including phenoxy) is 1. The first-order valence-corrected chi connectivity index (χ1v) is 7.99. The number of rotatable bonds is 4. The van der Waals surface area contributed by atoms with Crippen molar-refractivity contribution in [2.75, 3.05) is 23.8 Å². The fourth-order valence-electron chi connectivity index (χ4n) is 3.00. The molecule has 0 radical (unpaired) electrons. The zero-order valence-corrected chi connectivity index (χ0v) is 13.4. The van der Waals surface area contributed by atoms with E-state index >= 15 is 0 Å². The molecule has 1 saturated heterocycles. The summed E-state index contributed by atoms with van der Waals surface area (Å²) in [6, 6.07) is 3.79. The molecular weight excluding hydrogens is 288 g/mol. The predicted octanol–water partition coefficient (Wildman–Crippen LogP) is 3.87. The minimum atomic E-state index is -0.359. The number of nitrogens with zero attached hydrogens (tertiary/aromatic N) is 1. The van der Waals surface area contributed by atoms with Gasteiger partial charge in [-0.1, -0.05) is 18.5 Å². The Balaban J connectivity index is 2.47. The summed E-state index contributed by atoms with van der Waals surface area (Å²) in [5.74, 6) is -0.359. The fraction of sp³-hybridized carbons (Fsp3) is 0.562. The molecule has 0 saturated carbocycles. The summed E-state index contributed by atoms with van der Waals surface area (Å²) >= 11 is 6.41. The van der Waals surface area contributed by atoms with Crippen molar-refractivity contribution in [1.29, 1.82) is 0 Å². The lowest BCUT2D eigenvalue weighted by Gasteiger charge is -2.38. The number of anilines is 2. The van der Waals surface area contributed by atoms with Crippen LogP contribution in [-0.2, 0) is 4.74 Å². The Morgan fingerprint density at radius 2 is 2.19 bits per heavy atom. The van der Waals surface area contributed by atoms with Crippen LogP contribution in [0.15, 0.2) is 12.1 Å². The lowest BCUT2D eigenvalue weighted by atomic mass is 9.97. The normalized spacial score (nSPS) is 18.6. The summed E-state index contributed by atoms with van der Waals surface area (Å²) in [7, 11) is 0. The SMILES string of the molecule is CCOC(=O)c1cc(N)cc(Cl)c1N1CCCCC1CC. The van der Waals surface area contributed by atoms with E-state index in [1.807, 2.05) is 0 Å². The molecule has 0 amide bonds. The highest BCUT2D eigenvalue weighted by atomic mass is 35.5. The highest BCUT2D eigenvalue weighted by molar-refractivity contribution is 6.34. The van der Waals surface area contributed by atoms with E-state index in [1.165, 1.54) is 6.42 Å². The van der Waals surface area contributed by atoms with Crippen molar-refractivity contribution in [1.82, 2.24) is 0 Å². The van der Waals surface area contributed by atoms with Crippen LogP contribution in [0.4, 0.5) is 11.4 Å². The molecule has 0 aromatic heterocycles. The Bertz CT molecular complexity index is 519. The van der Waals surface area contributed by atoms with Crippen LogP contribution < -0.4 is 10.6 Å². The van der Waals surface area contributed by atoms with Crippen LogP contribution in [0.1, 0.15) is 49.9 Å². The molecule has 116 valence electrons. The van der Waals surface area contributed by atoms with E-state index in [0.717, 1.165) is 31.5 Å². The molecule has 0 bridgehead atoms. The van der Waals surface area contributed by atoms with E-state index in [9.17, 15) is 4.79 Å². The van der Waals surface area contributed by atoms with Gasteiger partial charge in [0, 0.05) is 18.3 Å². The number of hydrogen-bond donors (Lipinski definition) is 1. The Hall–Kier alpha value is -1.42. The minimum absolute atomic E-state index is 0.335. The second kappa shape index (κ2) is 7.03. The maximum atomic E-state index is 12.2. The number of carbonyl (C=O) groups is 1. The quantitative estimate of drug-likeness (QED) is 0.677. The van der Waals surface area contributed by atoms with Crippen LogP contribution >= 0.6 is 11.6 Å². The highest BCUT2D eigenvalue weighted by Crippen LogP contribution is 2.37. The molecule has 1 atom stereocenters. The summed E-state index contributed by atoms with van der Waals surface area (Å²) in [6.07, 6.45) is 4.48. The molecule has 1 aliphatic rings. The van der Waals surface area contributed by atoms with E-state index in [-0.39, 0.29) is 5.97 Å². The lowest BCUT2D eigenvalue weighted by Crippen LogP contribution is -2.40. The average Bonchev–Trinajstić information content (AvgIpc) is 2.47. The Morgan fingerprint density at radius 3 is 2.86 bits per heavy atom. The number of halogens is 1. The van der Waals surface area contributed by atoms with Gasteiger partial charge in [0.1, 0.15) is 0 Å². The van der Waals surface area contributed by atoms with E-state index in [4.69, 9.17) is 22.1 Å². The molecule has 2 rings (SSSR count). The van der Waals surface area contributed by atoms with Crippen LogP contribution in [0, 0.1) is 0 Å². The number of esters is 1. The van der Waals surface area contributed by atoms with Gasteiger partial charge in [-0.25, -0.2) is 4.79 Å². The topological polar surface area (TPSA) is 55.6 Å². The zero-order chi connectivity index (χ0) is 15.4. The third-order valence-corrected chi connectivity index (χ3v) is 4.25. The number of nitrogens with two attached hydrogens (primary N) is 1. The highest BCUT2D eigenvalue weighted by Gasteiger charge is 2.28. The molecule has 4 nitrogen and oxygen atoms in total. The molecule has 21 heavy (non-hydrogen) atoms. The first-order valence-electron chi connectivity index (χ1n) is 7.61. The number of piperidine rings is 1. The van der Waals surface area contributed by atoms with E-state index in [0.29, 0.717) is 28.9 Å². The van der Waals surface area contributed by atoms with Gasteiger partial charge in [-0.15, -0.1) is 0 Å². The summed E-state index contributed by atoms with van der Waals surface area (Å²) in [4.78, 5) is 14.5. The first kappa shape index (κ1) is 16.0. The first-order chi connectivity index (χ1) is 10.1. The molecule has 1 aliphatic heterocycles. The molecule has 1 fully saturated rings. The molecule has 0 spiro atoms. The number of carbonyl (C=O) groups excluding carboxylic acids is 1. The third-order valence-electron chi connectivity index (χ3n) is 3.97. The zero-order valence-electron chi connectivity index (χ0n) is 12.7. The molecule has 5 heteroatoms. The standard InChI is InChI=1S/C16H23ClN2O2/c1-3-12-7-5-6-8-19(12)15-13(16(20)21-4-2)9-11(18)10-14(15)17/h9-10,12H,3-8,18H2,1-2H3. The van der Waals surface area contributed by atoms with E-state index < -0.39 is 0 Å². The van der Waals surface area contributed by atoms with Gasteiger partial charge in [-0.05, 0) is 44.7 Å². The molecule has 2 N–H and O–H groups in total. The molecule has 0 aliphatic carbocycles. The van der Waals surface area contributed by atoms with Gasteiger partial charge in [0.2, 0.25) is 0 Å². The van der Waals surface area contributed by atoms with Crippen LogP contribution in [0.5, 0.6) is 0 Å². The molecule has 1 aromatic carbocycles. The van der Waals surface area contributed by atoms with Crippen molar-refractivity contribution >= 4 is 28.9 Å². The van der Waals surface area contributed by atoms with Crippen molar-refractivity contribution in [3.05, 3.63) is 22.7 Å². The number of benzene rings is 1. The summed E-state index contributed by atoms with van der Waals surface area (Å²) in [6.45, 7) is 5.20. The van der Waals surface area contributed by atoms with Gasteiger partial charge in [-0.2, -0.15) is 0 Å². The van der Waals surface area contributed by atoms with E-state index in [1.54, 1.807) is 19.1 Å². The molecule has 1 unspecified atom stereocenters. The molecule has 1 aromatic rings. The lowest BCUT2D eigenvalue weighted by molar-refractivity contribution is 0.0527. The van der Waals surface area contributed by atoms with Gasteiger partial charge < -0.3 is 15.4 Å². The maximum Gasteiger partial charge on any atom is 0.340 e. The van der Waals surface area contributed by atoms with Gasteiger partial charge in [0.15, 0.2) is 0 Å². The van der Waals surface area contributed by atoms with Gasteiger partial charge in [0.05, 0.1) is 22.9 Å².